The number of methoxy groups -OCH3 is 1. The fourth-order valence-corrected chi connectivity index (χ4v) is 2.77. The summed E-state index contributed by atoms with van der Waals surface area (Å²) in [5.74, 6) is -0.195. The van der Waals surface area contributed by atoms with Crippen LogP contribution in [0.2, 0.25) is 0 Å². The first-order chi connectivity index (χ1) is 9.04. The molecule has 0 heterocycles. The maximum Gasteiger partial charge on any atom is 0.167 e. The summed E-state index contributed by atoms with van der Waals surface area (Å²) in [6.45, 7) is 3.17. The predicted molar refractivity (Wildman–Crippen MR) is 77.0 cm³/mol. The summed E-state index contributed by atoms with van der Waals surface area (Å²) in [6.07, 6.45) is 6.39. The van der Waals surface area contributed by atoms with Crippen LogP contribution < -0.4 is 15.8 Å². The molecule has 0 aliphatic heterocycles. The molecule has 0 spiro atoms. The Morgan fingerprint density at radius 2 is 2.00 bits per heavy atom. The van der Waals surface area contributed by atoms with Crippen LogP contribution in [0.5, 0.6) is 5.75 Å². The van der Waals surface area contributed by atoms with Crippen molar-refractivity contribution in [1.29, 1.82) is 0 Å². The molecule has 0 bridgehead atoms. The molecule has 3 nitrogen and oxygen atoms in total. The van der Waals surface area contributed by atoms with E-state index in [0.717, 1.165) is 12.2 Å². The van der Waals surface area contributed by atoms with Gasteiger partial charge in [0.2, 0.25) is 0 Å². The largest absolute Gasteiger partial charge is 0.494 e. The van der Waals surface area contributed by atoms with Crippen molar-refractivity contribution in [2.75, 3.05) is 24.7 Å². The molecule has 4 heteroatoms. The van der Waals surface area contributed by atoms with Gasteiger partial charge >= 0.3 is 0 Å². The van der Waals surface area contributed by atoms with Crippen molar-refractivity contribution in [2.24, 2.45) is 5.41 Å². The lowest BCUT2D eigenvalue weighted by Crippen LogP contribution is -2.29. The van der Waals surface area contributed by atoms with Crippen LogP contribution in [0.3, 0.4) is 0 Å². The average molecular weight is 266 g/mol. The number of rotatable bonds is 4. The number of nitrogen functional groups attached to an aromatic ring is 1. The monoisotopic (exact) mass is 266 g/mol. The van der Waals surface area contributed by atoms with Crippen LogP contribution in [0.4, 0.5) is 15.8 Å². The third kappa shape index (κ3) is 3.31. The Morgan fingerprint density at radius 3 is 2.63 bits per heavy atom. The van der Waals surface area contributed by atoms with Crippen LogP contribution in [0.15, 0.2) is 12.1 Å². The van der Waals surface area contributed by atoms with Gasteiger partial charge in [0.15, 0.2) is 11.6 Å². The van der Waals surface area contributed by atoms with Crippen LogP contribution in [0.1, 0.15) is 39.0 Å². The van der Waals surface area contributed by atoms with E-state index >= 15 is 0 Å². The summed E-state index contributed by atoms with van der Waals surface area (Å²) >= 11 is 0. The molecule has 1 aromatic rings. The molecule has 0 atom stereocenters. The minimum atomic E-state index is -0.422. The van der Waals surface area contributed by atoms with Crippen molar-refractivity contribution in [2.45, 2.75) is 39.0 Å². The third-order valence-electron chi connectivity index (χ3n) is 4.09. The van der Waals surface area contributed by atoms with Gasteiger partial charge in [0.05, 0.1) is 18.5 Å². The van der Waals surface area contributed by atoms with Crippen molar-refractivity contribution in [3.8, 4) is 5.75 Å². The molecule has 1 fully saturated rings. The molecular formula is C15H23FN2O. The van der Waals surface area contributed by atoms with Gasteiger partial charge in [-0.1, -0.05) is 26.2 Å². The summed E-state index contributed by atoms with van der Waals surface area (Å²) in [7, 11) is 1.46. The molecule has 0 saturated heterocycles. The fraction of sp³-hybridized carbons (Fsp3) is 0.600. The molecule has 1 aliphatic carbocycles. The fourth-order valence-electron chi connectivity index (χ4n) is 2.77. The van der Waals surface area contributed by atoms with Gasteiger partial charge in [0.1, 0.15) is 0 Å². The Hall–Kier alpha value is -1.45. The zero-order valence-corrected chi connectivity index (χ0v) is 11.8. The molecule has 1 aromatic carbocycles. The highest BCUT2D eigenvalue weighted by Gasteiger charge is 2.26. The molecule has 0 aromatic heterocycles. The zero-order valence-electron chi connectivity index (χ0n) is 11.8. The SMILES string of the molecule is COc1cc(NCC2(C)CCCCC2)c(N)cc1F. The van der Waals surface area contributed by atoms with Crippen LogP contribution in [0, 0.1) is 11.2 Å². The van der Waals surface area contributed by atoms with Crippen LogP contribution in [-0.4, -0.2) is 13.7 Å². The Morgan fingerprint density at radius 1 is 1.32 bits per heavy atom. The van der Waals surface area contributed by atoms with E-state index in [-0.39, 0.29) is 5.75 Å². The van der Waals surface area contributed by atoms with Crippen molar-refractivity contribution >= 4 is 11.4 Å². The lowest BCUT2D eigenvalue weighted by Gasteiger charge is -2.34. The molecule has 0 amide bonds. The van der Waals surface area contributed by atoms with Crippen LogP contribution in [0.25, 0.3) is 0 Å². The molecule has 0 unspecified atom stereocenters. The van der Waals surface area contributed by atoms with E-state index in [0.29, 0.717) is 11.1 Å². The van der Waals surface area contributed by atoms with Gasteiger partial charge in [-0.25, -0.2) is 4.39 Å². The summed E-state index contributed by atoms with van der Waals surface area (Å²) in [5.41, 5.74) is 7.34. The first-order valence-corrected chi connectivity index (χ1v) is 6.91. The zero-order chi connectivity index (χ0) is 13.9. The van der Waals surface area contributed by atoms with Gasteiger partial charge in [-0.2, -0.15) is 0 Å². The van der Waals surface area contributed by atoms with Gasteiger partial charge in [-0.15, -0.1) is 0 Å². The Balaban J connectivity index is 2.06. The van der Waals surface area contributed by atoms with E-state index in [9.17, 15) is 4.39 Å². The van der Waals surface area contributed by atoms with E-state index in [1.54, 1.807) is 6.07 Å². The highest BCUT2D eigenvalue weighted by Crippen LogP contribution is 2.37. The number of ether oxygens (including phenoxy) is 1. The van der Waals surface area contributed by atoms with Gasteiger partial charge in [-0.05, 0) is 18.3 Å². The number of nitrogens with one attached hydrogen (secondary N) is 1. The standard InChI is InChI=1S/C15H23FN2O/c1-15(6-4-3-5-7-15)10-18-13-9-14(19-2)11(16)8-12(13)17/h8-9,18H,3-7,10,17H2,1-2H3. The minimum Gasteiger partial charge on any atom is -0.494 e. The van der Waals surface area contributed by atoms with Crippen molar-refractivity contribution in [3.05, 3.63) is 17.9 Å². The van der Waals surface area contributed by atoms with E-state index in [2.05, 4.69) is 12.2 Å². The lowest BCUT2D eigenvalue weighted by molar-refractivity contribution is 0.233. The molecule has 1 aliphatic rings. The topological polar surface area (TPSA) is 47.3 Å². The quantitative estimate of drug-likeness (QED) is 0.815. The van der Waals surface area contributed by atoms with E-state index in [1.165, 1.54) is 45.3 Å². The average Bonchev–Trinajstić information content (AvgIpc) is 2.39. The first-order valence-electron chi connectivity index (χ1n) is 6.91. The van der Waals surface area contributed by atoms with Gasteiger partial charge < -0.3 is 15.8 Å². The molecule has 1 saturated carbocycles. The van der Waals surface area contributed by atoms with E-state index in [1.807, 2.05) is 0 Å². The smallest absolute Gasteiger partial charge is 0.167 e. The first kappa shape index (κ1) is 14.0. The third-order valence-corrected chi connectivity index (χ3v) is 4.09. The molecule has 106 valence electrons. The van der Waals surface area contributed by atoms with Gasteiger partial charge in [0, 0.05) is 18.7 Å². The number of hydrogen-bond donors (Lipinski definition) is 2. The van der Waals surface area contributed by atoms with Crippen LogP contribution >= 0.6 is 0 Å². The summed E-state index contributed by atoms with van der Waals surface area (Å²) < 4.78 is 18.5. The second-order valence-electron chi connectivity index (χ2n) is 5.80. The highest BCUT2D eigenvalue weighted by molar-refractivity contribution is 5.68. The summed E-state index contributed by atoms with van der Waals surface area (Å²) in [4.78, 5) is 0. The van der Waals surface area contributed by atoms with Crippen LogP contribution in [-0.2, 0) is 0 Å². The van der Waals surface area contributed by atoms with Crippen molar-refractivity contribution < 1.29 is 9.13 Å². The van der Waals surface area contributed by atoms with Crippen molar-refractivity contribution in [1.82, 2.24) is 0 Å². The minimum absolute atomic E-state index is 0.227. The molecule has 0 radical (unpaired) electrons. The number of hydrogen-bond acceptors (Lipinski definition) is 3. The van der Waals surface area contributed by atoms with Gasteiger partial charge in [0.25, 0.3) is 0 Å². The Bertz CT molecular complexity index is 442. The maximum absolute atomic E-state index is 13.5. The number of anilines is 2. The maximum atomic E-state index is 13.5. The second kappa shape index (κ2) is 5.68. The summed E-state index contributed by atoms with van der Waals surface area (Å²) in [5, 5.41) is 3.35. The normalized spacial score (nSPS) is 18.1. The predicted octanol–water partition coefficient (Wildman–Crippen LogP) is 3.80. The Labute approximate surface area is 114 Å². The Kier molecular flexibility index (Phi) is 4.17. The molecule has 2 rings (SSSR count). The molecule has 3 N–H and O–H groups in total. The number of nitrogens with two attached hydrogens (primary N) is 1. The lowest BCUT2D eigenvalue weighted by atomic mass is 9.76. The molecule has 19 heavy (non-hydrogen) atoms. The van der Waals surface area contributed by atoms with E-state index < -0.39 is 5.82 Å². The highest BCUT2D eigenvalue weighted by atomic mass is 19.1. The van der Waals surface area contributed by atoms with Gasteiger partial charge in [-0.3, -0.25) is 0 Å². The van der Waals surface area contributed by atoms with Crippen molar-refractivity contribution in [3.63, 3.8) is 0 Å². The number of benzene rings is 1. The second-order valence-corrected chi connectivity index (χ2v) is 5.80. The number of halogens is 1. The summed E-state index contributed by atoms with van der Waals surface area (Å²) in [6, 6.07) is 2.95. The molecular weight excluding hydrogens is 243 g/mol. The van der Waals surface area contributed by atoms with E-state index in [4.69, 9.17) is 10.5 Å².